The third-order valence-electron chi connectivity index (χ3n) is 3.07. The average Bonchev–Trinajstić information content (AvgIpc) is 3.07. The minimum Gasteiger partial charge on any atom is -0.497 e. The van der Waals surface area contributed by atoms with Crippen LogP contribution in [-0.2, 0) is 0 Å². The standard InChI is InChI=1S/C12H17NO2/c1-14-9-3-4-10(12(6-9)15-2)11-5-8(11)7-13/h3-4,6,8,11H,5,7,13H2,1-2H3/t8-,11+/m0/s1. The molecule has 0 heterocycles. The van der Waals surface area contributed by atoms with E-state index in [0.717, 1.165) is 18.0 Å². The van der Waals surface area contributed by atoms with E-state index in [9.17, 15) is 0 Å². The van der Waals surface area contributed by atoms with E-state index < -0.39 is 0 Å². The summed E-state index contributed by atoms with van der Waals surface area (Å²) >= 11 is 0. The van der Waals surface area contributed by atoms with Crippen molar-refractivity contribution in [1.29, 1.82) is 0 Å². The van der Waals surface area contributed by atoms with Crippen LogP contribution in [0, 0.1) is 5.92 Å². The Morgan fingerprint density at radius 1 is 1.33 bits per heavy atom. The molecule has 15 heavy (non-hydrogen) atoms. The second-order valence-corrected chi connectivity index (χ2v) is 3.95. The summed E-state index contributed by atoms with van der Waals surface area (Å²) < 4.78 is 10.5. The topological polar surface area (TPSA) is 44.5 Å². The van der Waals surface area contributed by atoms with Crippen molar-refractivity contribution >= 4 is 0 Å². The number of ether oxygens (including phenoxy) is 2. The van der Waals surface area contributed by atoms with E-state index in [1.54, 1.807) is 14.2 Å². The van der Waals surface area contributed by atoms with Gasteiger partial charge in [-0.15, -0.1) is 0 Å². The van der Waals surface area contributed by atoms with Crippen molar-refractivity contribution in [2.75, 3.05) is 20.8 Å². The Morgan fingerprint density at radius 2 is 2.13 bits per heavy atom. The van der Waals surface area contributed by atoms with Gasteiger partial charge in [0.25, 0.3) is 0 Å². The smallest absolute Gasteiger partial charge is 0.126 e. The van der Waals surface area contributed by atoms with Gasteiger partial charge in [-0.25, -0.2) is 0 Å². The van der Waals surface area contributed by atoms with Gasteiger partial charge < -0.3 is 15.2 Å². The first-order chi connectivity index (χ1) is 7.30. The van der Waals surface area contributed by atoms with Crippen molar-refractivity contribution in [3.63, 3.8) is 0 Å². The second-order valence-electron chi connectivity index (χ2n) is 3.95. The van der Waals surface area contributed by atoms with E-state index in [4.69, 9.17) is 15.2 Å². The van der Waals surface area contributed by atoms with Crippen LogP contribution in [0.15, 0.2) is 18.2 Å². The Balaban J connectivity index is 2.24. The molecule has 3 heteroatoms. The molecule has 1 aromatic rings. The van der Waals surface area contributed by atoms with Crippen molar-refractivity contribution in [2.24, 2.45) is 11.7 Å². The first-order valence-corrected chi connectivity index (χ1v) is 5.22. The summed E-state index contributed by atoms with van der Waals surface area (Å²) in [4.78, 5) is 0. The quantitative estimate of drug-likeness (QED) is 0.818. The molecule has 0 bridgehead atoms. The zero-order chi connectivity index (χ0) is 10.8. The van der Waals surface area contributed by atoms with Gasteiger partial charge >= 0.3 is 0 Å². The van der Waals surface area contributed by atoms with E-state index in [1.165, 1.54) is 12.0 Å². The highest BCUT2D eigenvalue weighted by Crippen LogP contribution is 2.50. The van der Waals surface area contributed by atoms with Gasteiger partial charge in [-0.1, -0.05) is 6.07 Å². The molecule has 1 aliphatic carbocycles. The maximum absolute atomic E-state index is 5.64. The maximum Gasteiger partial charge on any atom is 0.126 e. The molecule has 0 radical (unpaired) electrons. The summed E-state index contributed by atoms with van der Waals surface area (Å²) in [6, 6.07) is 5.99. The Hall–Kier alpha value is -1.22. The SMILES string of the molecule is COc1ccc([C@@H]2C[C@H]2CN)c(OC)c1. The van der Waals surface area contributed by atoms with E-state index in [1.807, 2.05) is 12.1 Å². The summed E-state index contributed by atoms with van der Waals surface area (Å²) in [5.41, 5.74) is 6.90. The molecule has 0 amide bonds. The Morgan fingerprint density at radius 3 is 2.67 bits per heavy atom. The van der Waals surface area contributed by atoms with Crippen molar-refractivity contribution in [2.45, 2.75) is 12.3 Å². The van der Waals surface area contributed by atoms with Gasteiger partial charge in [0.1, 0.15) is 11.5 Å². The van der Waals surface area contributed by atoms with E-state index in [-0.39, 0.29) is 0 Å². The molecule has 0 unspecified atom stereocenters. The first-order valence-electron chi connectivity index (χ1n) is 5.22. The lowest BCUT2D eigenvalue weighted by Gasteiger charge is -2.09. The molecule has 1 aliphatic rings. The normalized spacial score (nSPS) is 23.7. The van der Waals surface area contributed by atoms with Gasteiger partial charge in [0, 0.05) is 6.07 Å². The minimum atomic E-state index is 0.579. The molecule has 2 rings (SSSR count). The molecule has 3 nitrogen and oxygen atoms in total. The Labute approximate surface area is 90.2 Å². The molecule has 0 aliphatic heterocycles. The van der Waals surface area contributed by atoms with Crippen LogP contribution in [0.1, 0.15) is 17.9 Å². The van der Waals surface area contributed by atoms with Gasteiger partial charge in [-0.2, -0.15) is 0 Å². The number of hydrogen-bond acceptors (Lipinski definition) is 3. The fraction of sp³-hybridized carbons (Fsp3) is 0.500. The van der Waals surface area contributed by atoms with Crippen LogP contribution in [-0.4, -0.2) is 20.8 Å². The van der Waals surface area contributed by atoms with Gasteiger partial charge in [0.15, 0.2) is 0 Å². The predicted molar refractivity (Wildman–Crippen MR) is 59.4 cm³/mol. The fourth-order valence-electron chi connectivity index (χ4n) is 2.01. The highest BCUT2D eigenvalue weighted by Gasteiger charge is 2.38. The van der Waals surface area contributed by atoms with Crippen LogP contribution in [0.2, 0.25) is 0 Å². The Kier molecular flexibility index (Phi) is 2.82. The van der Waals surface area contributed by atoms with Crippen LogP contribution in [0.4, 0.5) is 0 Å². The van der Waals surface area contributed by atoms with E-state index >= 15 is 0 Å². The summed E-state index contributed by atoms with van der Waals surface area (Å²) in [6.45, 7) is 0.764. The highest BCUT2D eigenvalue weighted by atomic mass is 16.5. The molecular formula is C12H17NO2. The van der Waals surface area contributed by atoms with Crippen LogP contribution in [0.3, 0.4) is 0 Å². The molecule has 0 saturated heterocycles. The number of hydrogen-bond donors (Lipinski definition) is 1. The van der Waals surface area contributed by atoms with Crippen molar-refractivity contribution in [3.05, 3.63) is 23.8 Å². The van der Waals surface area contributed by atoms with Crippen LogP contribution < -0.4 is 15.2 Å². The molecule has 82 valence electrons. The Bertz CT molecular complexity index is 351. The zero-order valence-electron chi connectivity index (χ0n) is 9.19. The van der Waals surface area contributed by atoms with Crippen molar-refractivity contribution < 1.29 is 9.47 Å². The summed E-state index contributed by atoms with van der Waals surface area (Å²) in [6.07, 6.45) is 1.18. The zero-order valence-corrected chi connectivity index (χ0v) is 9.19. The van der Waals surface area contributed by atoms with E-state index in [2.05, 4.69) is 6.07 Å². The molecule has 2 N–H and O–H groups in total. The minimum absolute atomic E-state index is 0.579. The highest BCUT2D eigenvalue weighted by molar-refractivity contribution is 5.45. The van der Waals surface area contributed by atoms with Crippen LogP contribution in [0.25, 0.3) is 0 Å². The van der Waals surface area contributed by atoms with Gasteiger partial charge in [0.05, 0.1) is 14.2 Å². The second kappa shape index (κ2) is 4.11. The van der Waals surface area contributed by atoms with Gasteiger partial charge in [0.2, 0.25) is 0 Å². The number of methoxy groups -OCH3 is 2. The molecule has 2 atom stereocenters. The number of nitrogens with two attached hydrogens (primary N) is 1. The van der Waals surface area contributed by atoms with Gasteiger partial charge in [-0.3, -0.25) is 0 Å². The van der Waals surface area contributed by atoms with Crippen molar-refractivity contribution in [1.82, 2.24) is 0 Å². The number of benzene rings is 1. The summed E-state index contributed by atoms with van der Waals surface area (Å²) in [5.74, 6) is 2.96. The molecular weight excluding hydrogens is 190 g/mol. The lowest BCUT2D eigenvalue weighted by atomic mass is 10.1. The molecule has 1 aromatic carbocycles. The summed E-state index contributed by atoms with van der Waals surface area (Å²) in [7, 11) is 3.35. The fourth-order valence-corrected chi connectivity index (χ4v) is 2.01. The summed E-state index contributed by atoms with van der Waals surface area (Å²) in [5, 5.41) is 0. The largest absolute Gasteiger partial charge is 0.497 e. The van der Waals surface area contributed by atoms with Crippen LogP contribution in [0.5, 0.6) is 11.5 Å². The maximum atomic E-state index is 5.64. The molecule has 1 saturated carbocycles. The van der Waals surface area contributed by atoms with Crippen molar-refractivity contribution in [3.8, 4) is 11.5 Å². The predicted octanol–water partition coefficient (Wildman–Crippen LogP) is 1.77. The third kappa shape index (κ3) is 1.92. The molecule has 1 fully saturated rings. The lowest BCUT2D eigenvalue weighted by Crippen LogP contribution is -2.02. The molecule has 0 spiro atoms. The third-order valence-corrected chi connectivity index (χ3v) is 3.07. The average molecular weight is 207 g/mol. The first kappa shape index (κ1) is 10.3. The van der Waals surface area contributed by atoms with Crippen LogP contribution >= 0.6 is 0 Å². The van der Waals surface area contributed by atoms with Gasteiger partial charge in [-0.05, 0) is 36.4 Å². The molecule has 0 aromatic heterocycles. The lowest BCUT2D eigenvalue weighted by molar-refractivity contribution is 0.390. The monoisotopic (exact) mass is 207 g/mol. The van der Waals surface area contributed by atoms with E-state index in [0.29, 0.717) is 11.8 Å². The number of rotatable bonds is 4.